The van der Waals surface area contributed by atoms with Crippen molar-refractivity contribution in [2.75, 3.05) is 6.61 Å². The Morgan fingerprint density at radius 3 is 2.14 bits per heavy atom. The average Bonchev–Trinajstić information content (AvgIpc) is 3.62. The number of hydrogen-bond donors (Lipinski definition) is 0. The number of ether oxygens (including phenoxy) is 1. The van der Waals surface area contributed by atoms with Crippen molar-refractivity contribution in [2.24, 2.45) is 0 Å². The van der Waals surface area contributed by atoms with Gasteiger partial charge in [-0.1, -0.05) is 109 Å². The maximum Gasteiger partial charge on any atom is 0.129 e. The largest absolute Gasteiger partial charge is 0.488 e. The van der Waals surface area contributed by atoms with Gasteiger partial charge < -0.3 is 9.30 Å². The van der Waals surface area contributed by atoms with Gasteiger partial charge in [-0.15, -0.1) is 0 Å². The molecule has 1 unspecified atom stereocenters. The van der Waals surface area contributed by atoms with Crippen LogP contribution in [-0.2, 0) is 5.41 Å². The third kappa shape index (κ3) is 3.08. The standard InChI is InChI=1S/C41H27NO/c1-2-7-26(8-3-1)29-9-4-10-30(23-29)27-14-16-28(17-15-27)31-18-19-35-34(24-31)33-11-6-21-41-22-20-32-25-43-37-13-5-12-36(38(37)39(32)41)42(35)40(33)41/h1-20,22-24H,21,25H2. The maximum atomic E-state index is 6.25. The van der Waals surface area contributed by atoms with Crippen molar-refractivity contribution in [3.8, 4) is 44.8 Å². The zero-order valence-corrected chi connectivity index (χ0v) is 23.5. The summed E-state index contributed by atoms with van der Waals surface area (Å²) in [6.07, 6.45) is 10.5. The number of allylic oxidation sites excluding steroid dienone is 3. The van der Waals surface area contributed by atoms with Crippen molar-refractivity contribution >= 4 is 22.6 Å². The molecule has 1 atom stereocenters. The highest BCUT2D eigenvalue weighted by Crippen LogP contribution is 2.61. The minimum atomic E-state index is -0.124. The first-order chi connectivity index (χ1) is 21.3. The molecule has 2 heteroatoms. The first-order valence-electron chi connectivity index (χ1n) is 15.1. The van der Waals surface area contributed by atoms with E-state index < -0.39 is 0 Å². The molecule has 0 saturated heterocycles. The van der Waals surface area contributed by atoms with Crippen molar-refractivity contribution in [3.63, 3.8) is 0 Å². The van der Waals surface area contributed by atoms with Crippen LogP contribution < -0.4 is 4.74 Å². The molecule has 5 aromatic carbocycles. The van der Waals surface area contributed by atoms with Crippen LogP contribution in [0.5, 0.6) is 5.75 Å². The molecule has 0 bridgehead atoms. The molecule has 1 aromatic heterocycles. The molecule has 0 saturated carbocycles. The van der Waals surface area contributed by atoms with Crippen molar-refractivity contribution in [1.82, 2.24) is 4.57 Å². The van der Waals surface area contributed by atoms with Gasteiger partial charge in [0.2, 0.25) is 0 Å². The number of nitrogens with zero attached hydrogens (tertiary/aromatic N) is 1. The van der Waals surface area contributed by atoms with Gasteiger partial charge in [-0.3, -0.25) is 0 Å². The van der Waals surface area contributed by atoms with Crippen LogP contribution in [0.3, 0.4) is 0 Å². The molecule has 6 aromatic rings. The van der Waals surface area contributed by atoms with Crippen LogP contribution >= 0.6 is 0 Å². The van der Waals surface area contributed by atoms with E-state index in [0.29, 0.717) is 6.61 Å². The summed E-state index contributed by atoms with van der Waals surface area (Å²) in [5.41, 5.74) is 16.6. The summed E-state index contributed by atoms with van der Waals surface area (Å²) >= 11 is 0. The molecule has 202 valence electrons. The first kappa shape index (κ1) is 23.2. The molecule has 1 spiro atoms. The second-order valence-corrected chi connectivity index (χ2v) is 12.1. The maximum absolute atomic E-state index is 6.25. The monoisotopic (exact) mass is 549 g/mol. The van der Waals surface area contributed by atoms with Gasteiger partial charge >= 0.3 is 0 Å². The molecule has 43 heavy (non-hydrogen) atoms. The van der Waals surface area contributed by atoms with Gasteiger partial charge in [0, 0.05) is 22.2 Å². The Morgan fingerprint density at radius 1 is 0.628 bits per heavy atom. The second-order valence-electron chi connectivity index (χ2n) is 12.1. The molecular weight excluding hydrogens is 522 g/mol. The van der Waals surface area contributed by atoms with E-state index in [0.717, 1.165) is 12.2 Å². The van der Waals surface area contributed by atoms with E-state index in [4.69, 9.17) is 4.74 Å². The van der Waals surface area contributed by atoms with Gasteiger partial charge in [0.1, 0.15) is 12.4 Å². The summed E-state index contributed by atoms with van der Waals surface area (Å²) in [6, 6.07) is 42.0. The molecule has 0 fully saturated rings. The van der Waals surface area contributed by atoms with E-state index in [2.05, 4.69) is 144 Å². The summed E-state index contributed by atoms with van der Waals surface area (Å²) in [7, 11) is 0. The fraction of sp³-hybridized carbons (Fsp3) is 0.0732. The van der Waals surface area contributed by atoms with Gasteiger partial charge in [-0.25, -0.2) is 0 Å². The van der Waals surface area contributed by atoms with Gasteiger partial charge in [-0.05, 0) is 81.3 Å². The predicted molar refractivity (Wildman–Crippen MR) is 176 cm³/mol. The topological polar surface area (TPSA) is 14.2 Å². The summed E-state index contributed by atoms with van der Waals surface area (Å²) in [5.74, 6) is 1.01. The lowest BCUT2D eigenvalue weighted by molar-refractivity contribution is 0.347. The van der Waals surface area contributed by atoms with Crippen LogP contribution in [0, 0.1) is 0 Å². The molecule has 0 radical (unpaired) electrons. The Bertz CT molecular complexity index is 2240. The Kier molecular flexibility index (Phi) is 4.52. The fourth-order valence-corrected chi connectivity index (χ4v) is 7.98. The van der Waals surface area contributed by atoms with E-state index in [-0.39, 0.29) is 5.41 Å². The Morgan fingerprint density at radius 2 is 1.33 bits per heavy atom. The van der Waals surface area contributed by atoms with Crippen LogP contribution in [0.15, 0.2) is 139 Å². The van der Waals surface area contributed by atoms with E-state index in [1.54, 1.807) is 0 Å². The van der Waals surface area contributed by atoms with E-state index in [1.165, 1.54) is 77.9 Å². The molecule has 0 amide bonds. The molecule has 2 aliphatic carbocycles. The van der Waals surface area contributed by atoms with Crippen LogP contribution in [-0.4, -0.2) is 11.2 Å². The molecular formula is C41H27NO. The van der Waals surface area contributed by atoms with E-state index >= 15 is 0 Å². The van der Waals surface area contributed by atoms with Crippen molar-refractivity contribution in [3.05, 3.63) is 156 Å². The van der Waals surface area contributed by atoms with Gasteiger partial charge in [-0.2, -0.15) is 0 Å². The van der Waals surface area contributed by atoms with E-state index in [9.17, 15) is 0 Å². The molecule has 0 N–H and O–H groups in total. The number of hydrogen-bond acceptors (Lipinski definition) is 1. The molecule has 2 aliphatic heterocycles. The van der Waals surface area contributed by atoms with Crippen LogP contribution in [0.2, 0.25) is 0 Å². The third-order valence-electron chi connectivity index (χ3n) is 9.89. The molecule has 4 aliphatic rings. The third-order valence-corrected chi connectivity index (χ3v) is 9.89. The summed E-state index contributed by atoms with van der Waals surface area (Å²) < 4.78 is 8.77. The highest BCUT2D eigenvalue weighted by atomic mass is 16.5. The molecule has 2 nitrogen and oxygen atoms in total. The quantitative estimate of drug-likeness (QED) is 0.214. The number of benzene rings is 5. The lowest BCUT2D eigenvalue weighted by Gasteiger charge is -2.42. The Labute approximate surface area is 250 Å². The predicted octanol–water partition coefficient (Wildman–Crippen LogP) is 10.0. The fourth-order valence-electron chi connectivity index (χ4n) is 7.98. The summed E-state index contributed by atoms with van der Waals surface area (Å²) in [6.45, 7) is 0.653. The SMILES string of the molecule is C1=Cc2c3n(c4ccc(-c5ccc(-c6cccc(-c7ccccc7)c6)cc5)cc24)-c2cccc4c2C2=C(C=CC23C1)CO4. The van der Waals surface area contributed by atoms with Gasteiger partial charge in [0.05, 0.1) is 16.6 Å². The Balaban J connectivity index is 1.10. The molecule has 10 rings (SSSR count). The van der Waals surface area contributed by atoms with Crippen molar-refractivity contribution < 1.29 is 4.74 Å². The summed E-state index contributed by atoms with van der Waals surface area (Å²) in [4.78, 5) is 0. The normalized spacial score (nSPS) is 18.5. The zero-order valence-electron chi connectivity index (χ0n) is 23.5. The molecule has 3 heterocycles. The van der Waals surface area contributed by atoms with Crippen LogP contribution in [0.25, 0.3) is 61.6 Å². The minimum absolute atomic E-state index is 0.124. The summed E-state index contributed by atoms with van der Waals surface area (Å²) in [5, 5.41) is 1.31. The smallest absolute Gasteiger partial charge is 0.129 e. The highest BCUT2D eigenvalue weighted by Gasteiger charge is 2.50. The van der Waals surface area contributed by atoms with Crippen LogP contribution in [0.1, 0.15) is 23.2 Å². The second kappa shape index (κ2) is 8.36. The highest BCUT2D eigenvalue weighted by molar-refractivity contribution is 6.04. The minimum Gasteiger partial charge on any atom is -0.488 e. The zero-order chi connectivity index (χ0) is 28.1. The Hall–Kier alpha value is -5.34. The number of fused-ring (bicyclic) bond motifs is 4. The number of aromatic nitrogens is 1. The van der Waals surface area contributed by atoms with Gasteiger partial charge in [0.25, 0.3) is 0 Å². The first-order valence-corrected chi connectivity index (χ1v) is 15.1. The lowest BCUT2D eigenvalue weighted by atomic mass is 9.67. The number of rotatable bonds is 3. The van der Waals surface area contributed by atoms with Crippen molar-refractivity contribution in [2.45, 2.75) is 11.8 Å². The average molecular weight is 550 g/mol. The van der Waals surface area contributed by atoms with Gasteiger partial charge in [0.15, 0.2) is 0 Å². The van der Waals surface area contributed by atoms with E-state index in [1.807, 2.05) is 0 Å². The lowest BCUT2D eigenvalue weighted by Crippen LogP contribution is -2.34. The van der Waals surface area contributed by atoms with Crippen LogP contribution in [0.4, 0.5) is 0 Å². The van der Waals surface area contributed by atoms with Crippen molar-refractivity contribution in [1.29, 1.82) is 0 Å².